The van der Waals surface area contributed by atoms with Gasteiger partial charge in [0.05, 0.1) is 24.1 Å². The Hall–Kier alpha value is -1.62. The van der Waals surface area contributed by atoms with Crippen LogP contribution in [0, 0.1) is 0 Å². The van der Waals surface area contributed by atoms with Crippen LogP contribution in [0.3, 0.4) is 0 Å². The molecule has 1 fully saturated rings. The third kappa shape index (κ3) is 2.55. The Labute approximate surface area is 101 Å². The highest BCUT2D eigenvalue weighted by Crippen LogP contribution is 2.17. The number of pyridine rings is 1. The second-order valence-corrected chi connectivity index (χ2v) is 4.47. The topological polar surface area (TPSA) is 62.5 Å². The van der Waals surface area contributed by atoms with E-state index in [4.69, 9.17) is 5.73 Å². The van der Waals surface area contributed by atoms with Crippen LogP contribution in [0.15, 0.2) is 18.3 Å². The summed E-state index contributed by atoms with van der Waals surface area (Å²) in [6, 6.07) is 3.84. The van der Waals surface area contributed by atoms with Gasteiger partial charge in [0.2, 0.25) is 5.91 Å². The Balaban J connectivity index is 2.10. The van der Waals surface area contributed by atoms with E-state index in [1.807, 2.05) is 31.0 Å². The number of anilines is 1. The van der Waals surface area contributed by atoms with Crippen molar-refractivity contribution in [3.63, 3.8) is 0 Å². The molecule has 1 aliphatic rings. The van der Waals surface area contributed by atoms with Gasteiger partial charge >= 0.3 is 0 Å². The molecule has 1 aliphatic heterocycles. The van der Waals surface area contributed by atoms with Crippen molar-refractivity contribution < 1.29 is 4.79 Å². The van der Waals surface area contributed by atoms with Gasteiger partial charge in [-0.3, -0.25) is 9.78 Å². The summed E-state index contributed by atoms with van der Waals surface area (Å²) in [5.74, 6) is 0.146. The van der Waals surface area contributed by atoms with Gasteiger partial charge in [-0.15, -0.1) is 0 Å². The zero-order valence-corrected chi connectivity index (χ0v) is 10.3. The molecule has 0 aromatic carbocycles. The molecule has 0 aliphatic carbocycles. The summed E-state index contributed by atoms with van der Waals surface area (Å²) >= 11 is 0. The maximum absolute atomic E-state index is 11.6. The van der Waals surface area contributed by atoms with Crippen molar-refractivity contribution in [2.24, 2.45) is 5.73 Å². The summed E-state index contributed by atoms with van der Waals surface area (Å²) in [5, 5.41) is 0. The Morgan fingerprint density at radius 2 is 2.18 bits per heavy atom. The van der Waals surface area contributed by atoms with Crippen molar-refractivity contribution in [1.29, 1.82) is 0 Å². The van der Waals surface area contributed by atoms with Crippen LogP contribution in [0.2, 0.25) is 0 Å². The van der Waals surface area contributed by atoms with E-state index in [1.165, 1.54) is 0 Å². The van der Waals surface area contributed by atoms with Crippen LogP contribution in [0.4, 0.5) is 5.69 Å². The van der Waals surface area contributed by atoms with E-state index in [0.717, 1.165) is 24.5 Å². The van der Waals surface area contributed by atoms with E-state index < -0.39 is 0 Å². The molecule has 5 nitrogen and oxygen atoms in total. The molecule has 0 unspecified atom stereocenters. The van der Waals surface area contributed by atoms with Crippen molar-refractivity contribution in [3.05, 3.63) is 24.0 Å². The number of aromatic nitrogens is 1. The fraction of sp³-hybridized carbons (Fsp3) is 0.500. The van der Waals surface area contributed by atoms with E-state index in [0.29, 0.717) is 6.54 Å². The zero-order chi connectivity index (χ0) is 12.4. The lowest BCUT2D eigenvalue weighted by atomic mass is 10.2. The van der Waals surface area contributed by atoms with Crippen molar-refractivity contribution >= 4 is 11.6 Å². The lowest BCUT2D eigenvalue weighted by molar-refractivity contribution is -0.129. The van der Waals surface area contributed by atoms with E-state index in [9.17, 15) is 4.79 Å². The van der Waals surface area contributed by atoms with Crippen LogP contribution < -0.4 is 10.6 Å². The Kier molecular flexibility index (Phi) is 3.28. The predicted octanol–water partition coefficient (Wildman–Crippen LogP) is 0.380. The fourth-order valence-corrected chi connectivity index (χ4v) is 1.83. The minimum atomic E-state index is -0.0572. The molecule has 0 spiro atoms. The molecule has 2 N–H and O–H groups in total. The first kappa shape index (κ1) is 11.9. The van der Waals surface area contributed by atoms with Gasteiger partial charge in [0, 0.05) is 26.2 Å². The van der Waals surface area contributed by atoms with Crippen LogP contribution in [0.25, 0.3) is 0 Å². The number of amides is 1. The number of hydrogen-bond donors (Lipinski definition) is 1. The lowest BCUT2D eigenvalue weighted by Gasteiger charge is -2.33. The Morgan fingerprint density at radius 3 is 2.71 bits per heavy atom. The van der Waals surface area contributed by atoms with E-state index in [-0.39, 0.29) is 11.9 Å². The lowest BCUT2D eigenvalue weighted by Crippen LogP contribution is -2.48. The standard InChI is InChI=1S/C12H18N4O/c1-9(13)11-4-3-10(7-14-11)16-6-5-15(2)12(17)8-16/h3-4,7,9H,5-6,8,13H2,1-2H3/t9-/m0/s1. The summed E-state index contributed by atoms with van der Waals surface area (Å²) in [6.07, 6.45) is 1.79. The quantitative estimate of drug-likeness (QED) is 0.803. The maximum atomic E-state index is 11.6. The normalized spacial score (nSPS) is 18.4. The molecular formula is C12H18N4O. The molecule has 1 atom stereocenters. The van der Waals surface area contributed by atoms with Crippen molar-refractivity contribution in [2.45, 2.75) is 13.0 Å². The molecular weight excluding hydrogens is 216 g/mol. The molecule has 1 aromatic heterocycles. The number of piperazine rings is 1. The number of rotatable bonds is 2. The number of nitrogens with two attached hydrogens (primary N) is 1. The number of hydrogen-bond acceptors (Lipinski definition) is 4. The highest BCUT2D eigenvalue weighted by atomic mass is 16.2. The molecule has 1 aromatic rings. The molecule has 92 valence electrons. The average molecular weight is 234 g/mol. The molecule has 5 heteroatoms. The fourth-order valence-electron chi connectivity index (χ4n) is 1.83. The minimum absolute atomic E-state index is 0.0572. The van der Waals surface area contributed by atoms with Gasteiger partial charge < -0.3 is 15.5 Å². The number of carbonyl (C=O) groups excluding carboxylic acids is 1. The van der Waals surface area contributed by atoms with E-state index in [2.05, 4.69) is 4.98 Å². The van der Waals surface area contributed by atoms with Crippen LogP contribution >= 0.6 is 0 Å². The molecule has 2 heterocycles. The molecule has 0 radical (unpaired) electrons. The first-order valence-electron chi connectivity index (χ1n) is 5.78. The summed E-state index contributed by atoms with van der Waals surface area (Å²) in [4.78, 5) is 19.7. The monoisotopic (exact) mass is 234 g/mol. The van der Waals surface area contributed by atoms with Crippen LogP contribution in [-0.2, 0) is 4.79 Å². The Bertz CT molecular complexity index is 401. The predicted molar refractivity (Wildman–Crippen MR) is 66.7 cm³/mol. The zero-order valence-electron chi connectivity index (χ0n) is 10.3. The highest BCUT2D eigenvalue weighted by Gasteiger charge is 2.21. The largest absolute Gasteiger partial charge is 0.359 e. The van der Waals surface area contributed by atoms with Crippen LogP contribution in [-0.4, -0.2) is 42.5 Å². The Morgan fingerprint density at radius 1 is 1.41 bits per heavy atom. The van der Waals surface area contributed by atoms with Crippen molar-refractivity contribution in [1.82, 2.24) is 9.88 Å². The molecule has 0 saturated carbocycles. The third-order valence-corrected chi connectivity index (χ3v) is 3.06. The maximum Gasteiger partial charge on any atom is 0.241 e. The smallest absolute Gasteiger partial charge is 0.241 e. The molecule has 0 bridgehead atoms. The summed E-state index contributed by atoms with van der Waals surface area (Å²) in [7, 11) is 1.83. The van der Waals surface area contributed by atoms with Gasteiger partial charge in [-0.2, -0.15) is 0 Å². The van der Waals surface area contributed by atoms with Gasteiger partial charge in [-0.1, -0.05) is 0 Å². The minimum Gasteiger partial charge on any atom is -0.359 e. The van der Waals surface area contributed by atoms with E-state index >= 15 is 0 Å². The molecule has 1 amide bonds. The third-order valence-electron chi connectivity index (χ3n) is 3.06. The van der Waals surface area contributed by atoms with Crippen molar-refractivity contribution in [3.8, 4) is 0 Å². The average Bonchev–Trinajstić information content (AvgIpc) is 2.33. The summed E-state index contributed by atoms with van der Waals surface area (Å²) in [5.41, 5.74) is 7.60. The number of carbonyl (C=O) groups is 1. The second kappa shape index (κ2) is 4.71. The van der Waals surface area contributed by atoms with Gasteiger partial charge in [0.15, 0.2) is 0 Å². The van der Waals surface area contributed by atoms with Gasteiger partial charge in [0.1, 0.15) is 0 Å². The van der Waals surface area contributed by atoms with Crippen molar-refractivity contribution in [2.75, 3.05) is 31.6 Å². The second-order valence-electron chi connectivity index (χ2n) is 4.47. The SMILES string of the molecule is C[C@H](N)c1ccc(N2CCN(C)C(=O)C2)cn1. The van der Waals surface area contributed by atoms with Gasteiger partial charge in [0.25, 0.3) is 0 Å². The summed E-state index contributed by atoms with van der Waals surface area (Å²) in [6.45, 7) is 3.94. The number of likely N-dealkylation sites (N-methyl/N-ethyl adjacent to an activating group) is 1. The number of nitrogens with zero attached hydrogens (tertiary/aromatic N) is 3. The molecule has 2 rings (SSSR count). The molecule has 1 saturated heterocycles. The first-order valence-corrected chi connectivity index (χ1v) is 5.78. The van der Waals surface area contributed by atoms with Gasteiger partial charge in [-0.25, -0.2) is 0 Å². The van der Waals surface area contributed by atoms with Gasteiger partial charge in [-0.05, 0) is 19.1 Å². The highest BCUT2D eigenvalue weighted by molar-refractivity contribution is 5.82. The molecule has 17 heavy (non-hydrogen) atoms. The summed E-state index contributed by atoms with van der Waals surface area (Å²) < 4.78 is 0. The van der Waals surface area contributed by atoms with Crippen LogP contribution in [0.5, 0.6) is 0 Å². The van der Waals surface area contributed by atoms with E-state index in [1.54, 1.807) is 11.1 Å². The van der Waals surface area contributed by atoms with Crippen LogP contribution in [0.1, 0.15) is 18.7 Å². The first-order chi connectivity index (χ1) is 8.08.